The molecule has 4 rings (SSSR count). The molecule has 154 valence electrons. The number of aromatic nitrogens is 1. The van der Waals surface area contributed by atoms with E-state index in [1.165, 1.54) is 11.3 Å². The molecule has 2 aromatic rings. The standard InChI is InChI=1S/C24H31N3O2/c1-17-6-4-5-7-21(17)27-12-10-26(11-13-27)9-8-18-14-19-20(25-23(18)29)15-24(2,3)16-22(19)28/h4-7,14H,8-13,15-16H2,1-3H3,(H,25,29). The molecular formula is C24H31N3O2. The number of nitrogens with one attached hydrogen (secondary N) is 1. The number of hydrogen-bond donors (Lipinski definition) is 1. The number of H-pyrrole nitrogens is 1. The zero-order chi connectivity index (χ0) is 20.6. The van der Waals surface area contributed by atoms with E-state index in [-0.39, 0.29) is 16.8 Å². The van der Waals surface area contributed by atoms with Gasteiger partial charge >= 0.3 is 0 Å². The second-order valence-corrected chi connectivity index (χ2v) is 9.32. The van der Waals surface area contributed by atoms with Crippen LogP contribution in [0.4, 0.5) is 5.69 Å². The van der Waals surface area contributed by atoms with Gasteiger partial charge in [-0.3, -0.25) is 14.5 Å². The number of aryl methyl sites for hydroxylation is 1. The number of Topliss-reactive ketones (excluding diaryl/α,β-unsaturated/α-hetero) is 1. The van der Waals surface area contributed by atoms with Gasteiger partial charge in [0.15, 0.2) is 5.78 Å². The summed E-state index contributed by atoms with van der Waals surface area (Å²) in [5, 5.41) is 0. The molecule has 0 unspecified atom stereocenters. The van der Waals surface area contributed by atoms with Gasteiger partial charge in [0.05, 0.1) is 0 Å². The molecule has 1 aromatic heterocycles. The number of anilines is 1. The molecule has 1 aliphatic carbocycles. The highest BCUT2D eigenvalue weighted by Crippen LogP contribution is 2.33. The monoisotopic (exact) mass is 393 g/mol. The van der Waals surface area contributed by atoms with E-state index in [2.05, 4.69) is 59.8 Å². The molecule has 29 heavy (non-hydrogen) atoms. The van der Waals surface area contributed by atoms with Gasteiger partial charge in [-0.1, -0.05) is 32.0 Å². The Bertz CT molecular complexity index is 968. The quantitative estimate of drug-likeness (QED) is 0.867. The smallest absolute Gasteiger partial charge is 0.251 e. The number of pyridine rings is 1. The zero-order valence-electron chi connectivity index (χ0n) is 17.8. The number of para-hydroxylation sites is 1. The summed E-state index contributed by atoms with van der Waals surface area (Å²) in [6, 6.07) is 10.4. The Morgan fingerprint density at radius 3 is 2.48 bits per heavy atom. The van der Waals surface area contributed by atoms with E-state index < -0.39 is 0 Å². The summed E-state index contributed by atoms with van der Waals surface area (Å²) in [6.07, 6.45) is 1.99. The molecule has 1 aliphatic heterocycles. The minimum Gasteiger partial charge on any atom is -0.369 e. The van der Waals surface area contributed by atoms with Gasteiger partial charge in [0.1, 0.15) is 0 Å². The van der Waals surface area contributed by atoms with Crippen molar-refractivity contribution in [2.24, 2.45) is 5.41 Å². The predicted octanol–water partition coefficient (Wildman–Crippen LogP) is 3.20. The molecule has 1 aromatic carbocycles. The molecule has 5 heteroatoms. The fraction of sp³-hybridized carbons (Fsp3) is 0.500. The number of benzene rings is 1. The Balaban J connectivity index is 1.38. The van der Waals surface area contributed by atoms with Crippen LogP contribution in [0, 0.1) is 12.3 Å². The van der Waals surface area contributed by atoms with Crippen molar-refractivity contribution < 1.29 is 4.79 Å². The third kappa shape index (κ3) is 4.30. The van der Waals surface area contributed by atoms with Crippen molar-refractivity contribution in [3.63, 3.8) is 0 Å². The molecule has 0 atom stereocenters. The fourth-order valence-corrected chi connectivity index (χ4v) is 4.67. The van der Waals surface area contributed by atoms with Crippen LogP contribution in [0.25, 0.3) is 0 Å². The maximum absolute atomic E-state index is 12.6. The number of carbonyl (C=O) groups is 1. The van der Waals surface area contributed by atoms with Crippen molar-refractivity contribution in [3.8, 4) is 0 Å². The summed E-state index contributed by atoms with van der Waals surface area (Å²) in [7, 11) is 0. The molecule has 0 amide bonds. The lowest BCUT2D eigenvalue weighted by molar-refractivity contribution is 0.0910. The van der Waals surface area contributed by atoms with Crippen LogP contribution in [0.3, 0.4) is 0 Å². The van der Waals surface area contributed by atoms with Gasteiger partial charge < -0.3 is 9.88 Å². The summed E-state index contributed by atoms with van der Waals surface area (Å²) in [6.45, 7) is 11.1. The van der Waals surface area contributed by atoms with E-state index in [4.69, 9.17) is 0 Å². The van der Waals surface area contributed by atoms with E-state index >= 15 is 0 Å². The number of carbonyl (C=O) groups excluding carboxylic acids is 1. The average molecular weight is 394 g/mol. The number of rotatable bonds is 4. The van der Waals surface area contributed by atoms with Crippen LogP contribution in [-0.4, -0.2) is 48.4 Å². The molecule has 1 fully saturated rings. The third-order valence-electron chi connectivity index (χ3n) is 6.32. The maximum Gasteiger partial charge on any atom is 0.251 e. The molecule has 0 radical (unpaired) electrons. The molecule has 2 heterocycles. The largest absolute Gasteiger partial charge is 0.369 e. The molecule has 5 nitrogen and oxygen atoms in total. The summed E-state index contributed by atoms with van der Waals surface area (Å²) in [5.74, 6) is 0.153. The van der Waals surface area contributed by atoms with Gasteiger partial charge in [0, 0.05) is 61.7 Å². The Morgan fingerprint density at radius 2 is 1.76 bits per heavy atom. The zero-order valence-corrected chi connectivity index (χ0v) is 17.8. The van der Waals surface area contributed by atoms with Gasteiger partial charge in [0.25, 0.3) is 5.56 Å². The highest BCUT2D eigenvalue weighted by molar-refractivity contribution is 5.98. The van der Waals surface area contributed by atoms with E-state index in [0.717, 1.165) is 56.0 Å². The number of ketones is 1. The predicted molar refractivity (Wildman–Crippen MR) is 117 cm³/mol. The molecule has 0 bridgehead atoms. The molecule has 2 aliphatic rings. The van der Waals surface area contributed by atoms with Gasteiger partial charge in [-0.25, -0.2) is 0 Å². The van der Waals surface area contributed by atoms with Gasteiger partial charge in [-0.2, -0.15) is 0 Å². The first-order valence-corrected chi connectivity index (χ1v) is 10.6. The minimum absolute atomic E-state index is 0.0344. The van der Waals surface area contributed by atoms with Crippen LogP contribution in [0.2, 0.25) is 0 Å². The molecule has 0 spiro atoms. The lowest BCUT2D eigenvalue weighted by atomic mass is 9.75. The number of hydrogen-bond acceptors (Lipinski definition) is 4. The van der Waals surface area contributed by atoms with Crippen LogP contribution in [0.15, 0.2) is 35.1 Å². The van der Waals surface area contributed by atoms with E-state index in [1.54, 1.807) is 0 Å². The first-order valence-electron chi connectivity index (χ1n) is 10.6. The van der Waals surface area contributed by atoms with Crippen LogP contribution in [-0.2, 0) is 12.8 Å². The van der Waals surface area contributed by atoms with E-state index in [0.29, 0.717) is 12.8 Å². The van der Waals surface area contributed by atoms with Crippen molar-refractivity contribution in [2.75, 3.05) is 37.6 Å². The first-order chi connectivity index (χ1) is 13.8. The minimum atomic E-state index is -0.0781. The van der Waals surface area contributed by atoms with Crippen LogP contribution in [0.5, 0.6) is 0 Å². The summed E-state index contributed by atoms with van der Waals surface area (Å²) in [5.41, 5.74) is 4.79. The SMILES string of the molecule is Cc1ccccc1N1CCN(CCc2cc3c([nH]c2=O)CC(C)(C)CC3=O)CC1. The van der Waals surface area contributed by atoms with Crippen molar-refractivity contribution in [1.29, 1.82) is 0 Å². The first kappa shape index (κ1) is 19.9. The van der Waals surface area contributed by atoms with Crippen LogP contribution in [0.1, 0.15) is 47.4 Å². The average Bonchev–Trinajstić information content (AvgIpc) is 2.67. The summed E-state index contributed by atoms with van der Waals surface area (Å²) < 4.78 is 0. The van der Waals surface area contributed by atoms with Gasteiger partial charge in [-0.15, -0.1) is 0 Å². The molecule has 0 saturated carbocycles. The second kappa shape index (κ2) is 7.79. The Labute approximate surface area is 172 Å². The Hall–Kier alpha value is -2.40. The van der Waals surface area contributed by atoms with Crippen molar-refractivity contribution in [1.82, 2.24) is 9.88 Å². The topological polar surface area (TPSA) is 56.4 Å². The maximum atomic E-state index is 12.6. The van der Waals surface area contributed by atoms with E-state index in [9.17, 15) is 9.59 Å². The van der Waals surface area contributed by atoms with Crippen molar-refractivity contribution in [3.05, 3.63) is 63.1 Å². The Morgan fingerprint density at radius 1 is 1.03 bits per heavy atom. The lowest BCUT2D eigenvalue weighted by Crippen LogP contribution is -2.47. The number of piperazine rings is 1. The molecule has 1 N–H and O–H groups in total. The molecular weight excluding hydrogens is 362 g/mol. The Kier molecular flexibility index (Phi) is 5.34. The normalized spacial score (nSPS) is 19.3. The summed E-state index contributed by atoms with van der Waals surface area (Å²) in [4.78, 5) is 33.0. The van der Waals surface area contributed by atoms with Gasteiger partial charge in [0.2, 0.25) is 0 Å². The highest BCUT2D eigenvalue weighted by Gasteiger charge is 2.32. The molecule has 1 saturated heterocycles. The van der Waals surface area contributed by atoms with Crippen molar-refractivity contribution >= 4 is 11.5 Å². The van der Waals surface area contributed by atoms with Crippen LogP contribution < -0.4 is 10.5 Å². The van der Waals surface area contributed by atoms with Gasteiger partial charge in [-0.05, 0) is 42.9 Å². The fourth-order valence-electron chi connectivity index (χ4n) is 4.67. The number of fused-ring (bicyclic) bond motifs is 1. The summed E-state index contributed by atoms with van der Waals surface area (Å²) >= 11 is 0. The van der Waals surface area contributed by atoms with E-state index in [1.807, 2.05) is 6.07 Å². The number of aromatic amines is 1. The van der Waals surface area contributed by atoms with Crippen LogP contribution >= 0.6 is 0 Å². The number of nitrogens with zero attached hydrogens (tertiary/aromatic N) is 2. The highest BCUT2D eigenvalue weighted by atomic mass is 16.1. The second-order valence-electron chi connectivity index (χ2n) is 9.32. The lowest BCUT2D eigenvalue weighted by Gasteiger charge is -2.36. The van der Waals surface area contributed by atoms with Crippen molar-refractivity contribution in [2.45, 2.75) is 40.0 Å². The third-order valence-corrected chi connectivity index (χ3v) is 6.32.